The van der Waals surface area contributed by atoms with Crippen molar-refractivity contribution in [1.29, 1.82) is 0 Å². The highest BCUT2D eigenvalue weighted by Crippen LogP contribution is 2.10. The maximum absolute atomic E-state index is 11.8. The van der Waals surface area contributed by atoms with Gasteiger partial charge in [0.25, 0.3) is 0 Å². The molecule has 0 atom stereocenters. The molecule has 166 valence electrons. The van der Waals surface area contributed by atoms with E-state index in [9.17, 15) is 19.2 Å². The van der Waals surface area contributed by atoms with E-state index in [4.69, 9.17) is 0 Å². The number of carbonyl (C=O) groups excluding carboxylic acids is 4. The lowest BCUT2D eigenvalue weighted by Gasteiger charge is -2.01. The van der Waals surface area contributed by atoms with Gasteiger partial charge >= 0.3 is 0 Å². The van der Waals surface area contributed by atoms with Gasteiger partial charge < -0.3 is 4.79 Å². The number of allylic oxidation sites excluding steroid dienone is 2. The van der Waals surface area contributed by atoms with Gasteiger partial charge in [0.05, 0.1) is 0 Å². The lowest BCUT2D eigenvalue weighted by Crippen LogP contribution is -2.05. The number of rotatable bonds is 21. The molecule has 0 aromatic heterocycles. The number of hydrogen-bond donors (Lipinski definition) is 0. The molecule has 0 rings (SSSR count). The summed E-state index contributed by atoms with van der Waals surface area (Å²) in [6, 6.07) is 0. The highest BCUT2D eigenvalue weighted by molar-refractivity contribution is 5.88. The van der Waals surface area contributed by atoms with E-state index in [0.29, 0.717) is 18.6 Å². The molecule has 0 aromatic carbocycles. The molecule has 0 aliphatic carbocycles. The minimum Gasteiger partial charge on any atom is -0.300 e. The first-order chi connectivity index (χ1) is 14.0. The van der Waals surface area contributed by atoms with Crippen molar-refractivity contribution in [2.45, 2.75) is 123 Å². The molecule has 0 unspecified atom stereocenters. The summed E-state index contributed by atoms with van der Waals surface area (Å²) in [5.74, 6) is 0.598. The first-order valence-electron chi connectivity index (χ1n) is 11.6. The first kappa shape index (κ1) is 27.4. The van der Waals surface area contributed by atoms with Gasteiger partial charge in [0.2, 0.25) is 0 Å². The number of hydrogen-bond acceptors (Lipinski definition) is 4. The van der Waals surface area contributed by atoms with Crippen LogP contribution in [0.3, 0.4) is 0 Å². The van der Waals surface area contributed by atoms with Gasteiger partial charge in [-0.3, -0.25) is 14.4 Å². The summed E-state index contributed by atoms with van der Waals surface area (Å²) in [7, 11) is 0. The van der Waals surface area contributed by atoms with Crippen molar-refractivity contribution >= 4 is 23.1 Å². The van der Waals surface area contributed by atoms with E-state index in [1.807, 2.05) is 0 Å². The zero-order valence-electron chi connectivity index (χ0n) is 18.8. The molecule has 0 heterocycles. The minimum atomic E-state index is 0.0114. The van der Waals surface area contributed by atoms with Crippen molar-refractivity contribution in [3.8, 4) is 0 Å². The summed E-state index contributed by atoms with van der Waals surface area (Å²) >= 11 is 0. The first-order valence-corrected chi connectivity index (χ1v) is 11.6. The summed E-state index contributed by atoms with van der Waals surface area (Å²) in [6.45, 7) is 3.63. The molecule has 29 heavy (non-hydrogen) atoms. The average Bonchev–Trinajstić information content (AvgIpc) is 2.69. The van der Waals surface area contributed by atoms with Crippen LogP contribution in [0.15, 0.2) is 12.2 Å². The van der Waals surface area contributed by atoms with Crippen molar-refractivity contribution in [1.82, 2.24) is 0 Å². The van der Waals surface area contributed by atoms with Gasteiger partial charge in [-0.05, 0) is 51.9 Å². The third kappa shape index (κ3) is 21.0. The molecule has 0 spiro atoms. The van der Waals surface area contributed by atoms with Gasteiger partial charge in [0.15, 0.2) is 0 Å². The second-order valence-corrected chi connectivity index (χ2v) is 8.09. The largest absolute Gasteiger partial charge is 0.300 e. The van der Waals surface area contributed by atoms with E-state index in [1.165, 1.54) is 13.3 Å². The Morgan fingerprint density at radius 3 is 1.48 bits per heavy atom. The standard InChI is InChI=1S/C25H42O4/c1-3-4-12-15-23(27)16-13-10-8-6-5-7-9-11-14-17-24(28)20-21-25(29)19-18-22(2)26/h5,7H,3-4,6,8-21H2,1-2H3. The molecule has 0 saturated heterocycles. The monoisotopic (exact) mass is 406 g/mol. The van der Waals surface area contributed by atoms with Crippen LogP contribution in [0.2, 0.25) is 0 Å². The number of carbonyl (C=O) groups is 4. The molecule has 0 radical (unpaired) electrons. The van der Waals surface area contributed by atoms with Crippen molar-refractivity contribution < 1.29 is 19.2 Å². The van der Waals surface area contributed by atoms with Crippen LogP contribution < -0.4 is 0 Å². The topological polar surface area (TPSA) is 68.3 Å². The fourth-order valence-corrected chi connectivity index (χ4v) is 3.12. The third-order valence-electron chi connectivity index (χ3n) is 5.07. The van der Waals surface area contributed by atoms with Crippen LogP contribution in [-0.4, -0.2) is 23.1 Å². The quantitative estimate of drug-likeness (QED) is 0.161. The molecule has 0 aliphatic heterocycles. The predicted molar refractivity (Wildman–Crippen MR) is 119 cm³/mol. The van der Waals surface area contributed by atoms with Gasteiger partial charge in [-0.15, -0.1) is 0 Å². The molecule has 0 fully saturated rings. The van der Waals surface area contributed by atoms with Crippen molar-refractivity contribution in [2.75, 3.05) is 0 Å². The second-order valence-electron chi connectivity index (χ2n) is 8.09. The smallest absolute Gasteiger partial charge is 0.133 e. The molecular formula is C25H42O4. The Morgan fingerprint density at radius 2 is 0.931 bits per heavy atom. The molecule has 0 aliphatic rings. The SMILES string of the molecule is CCCCCC(=O)CCCCCC=CCCCCC(=O)CCC(=O)CCC(C)=O. The average molecular weight is 407 g/mol. The summed E-state index contributed by atoms with van der Waals surface area (Å²) in [4.78, 5) is 45.8. The number of ketones is 4. The number of unbranched alkanes of at least 4 members (excludes halogenated alkanes) is 7. The van der Waals surface area contributed by atoms with Crippen LogP contribution in [-0.2, 0) is 19.2 Å². The van der Waals surface area contributed by atoms with E-state index in [2.05, 4.69) is 19.1 Å². The number of Topliss-reactive ketones (excluding diaryl/α,β-unsaturated/α-hetero) is 4. The van der Waals surface area contributed by atoms with Gasteiger partial charge in [0, 0.05) is 44.9 Å². The Balaban J connectivity index is 3.45. The van der Waals surface area contributed by atoms with E-state index >= 15 is 0 Å². The molecule has 0 bridgehead atoms. The van der Waals surface area contributed by atoms with Crippen LogP contribution in [0.4, 0.5) is 0 Å². The molecular weight excluding hydrogens is 364 g/mol. The fourth-order valence-electron chi connectivity index (χ4n) is 3.12. The van der Waals surface area contributed by atoms with E-state index in [-0.39, 0.29) is 36.6 Å². The highest BCUT2D eigenvalue weighted by Gasteiger charge is 2.08. The molecule has 0 saturated carbocycles. The summed E-state index contributed by atoms with van der Waals surface area (Å²) in [5, 5.41) is 0. The highest BCUT2D eigenvalue weighted by atomic mass is 16.1. The molecule has 0 aromatic rings. The maximum atomic E-state index is 11.8. The molecule has 4 heteroatoms. The van der Waals surface area contributed by atoms with Gasteiger partial charge in [0.1, 0.15) is 23.1 Å². The van der Waals surface area contributed by atoms with Gasteiger partial charge in [-0.2, -0.15) is 0 Å². The summed E-state index contributed by atoms with van der Waals surface area (Å²) in [5.41, 5.74) is 0. The van der Waals surface area contributed by atoms with Gasteiger partial charge in [-0.1, -0.05) is 38.3 Å². The van der Waals surface area contributed by atoms with Crippen LogP contribution >= 0.6 is 0 Å². The van der Waals surface area contributed by atoms with E-state index < -0.39 is 0 Å². The fraction of sp³-hybridized carbons (Fsp3) is 0.760. The van der Waals surface area contributed by atoms with Crippen LogP contribution in [0.25, 0.3) is 0 Å². The maximum Gasteiger partial charge on any atom is 0.133 e. The molecule has 0 N–H and O–H groups in total. The van der Waals surface area contributed by atoms with Crippen LogP contribution in [0.1, 0.15) is 123 Å². The Labute approximate surface area is 177 Å². The Hall–Kier alpha value is -1.58. The van der Waals surface area contributed by atoms with Crippen molar-refractivity contribution in [3.63, 3.8) is 0 Å². The Bertz CT molecular complexity index is 505. The predicted octanol–water partition coefficient (Wildman–Crippen LogP) is 6.49. The zero-order valence-corrected chi connectivity index (χ0v) is 18.8. The van der Waals surface area contributed by atoms with Crippen molar-refractivity contribution in [3.05, 3.63) is 12.2 Å². The Morgan fingerprint density at radius 1 is 0.517 bits per heavy atom. The minimum absolute atomic E-state index is 0.0114. The Kier molecular flexibility index (Phi) is 18.6. The lowest BCUT2D eigenvalue weighted by atomic mass is 10.0. The van der Waals surface area contributed by atoms with Crippen LogP contribution in [0, 0.1) is 0 Å². The van der Waals surface area contributed by atoms with Gasteiger partial charge in [-0.25, -0.2) is 0 Å². The molecule has 4 nitrogen and oxygen atoms in total. The van der Waals surface area contributed by atoms with E-state index in [1.54, 1.807) is 0 Å². The second kappa shape index (κ2) is 19.7. The summed E-state index contributed by atoms with van der Waals surface area (Å²) < 4.78 is 0. The van der Waals surface area contributed by atoms with E-state index in [0.717, 1.165) is 70.6 Å². The van der Waals surface area contributed by atoms with Crippen molar-refractivity contribution in [2.24, 2.45) is 0 Å². The zero-order chi connectivity index (χ0) is 21.7. The molecule has 0 amide bonds. The lowest BCUT2D eigenvalue weighted by molar-refractivity contribution is -0.125. The summed E-state index contributed by atoms with van der Waals surface area (Å²) in [6.07, 6.45) is 18.1. The van der Waals surface area contributed by atoms with Crippen LogP contribution in [0.5, 0.6) is 0 Å². The normalized spacial score (nSPS) is 11.1. The third-order valence-corrected chi connectivity index (χ3v) is 5.07.